The lowest BCUT2D eigenvalue weighted by Crippen LogP contribution is -2.30. The molecule has 2 heterocycles. The highest BCUT2D eigenvalue weighted by molar-refractivity contribution is 6.31. The predicted molar refractivity (Wildman–Crippen MR) is 117 cm³/mol. The third-order valence-electron chi connectivity index (χ3n) is 4.94. The number of carbonyl (C=O) groups is 1. The summed E-state index contributed by atoms with van der Waals surface area (Å²) in [5.74, 6) is -0.373. The molecule has 1 amide bonds. The normalized spacial score (nSPS) is 11.1. The van der Waals surface area contributed by atoms with E-state index in [1.165, 1.54) is 0 Å². The van der Waals surface area contributed by atoms with E-state index in [-0.39, 0.29) is 18.0 Å². The summed E-state index contributed by atoms with van der Waals surface area (Å²) in [6.45, 7) is 5.36. The van der Waals surface area contributed by atoms with E-state index < -0.39 is 5.56 Å². The molecule has 0 bridgehead atoms. The molecule has 0 fully saturated rings. The fourth-order valence-electron chi connectivity index (χ4n) is 3.42. The van der Waals surface area contributed by atoms with Gasteiger partial charge in [-0.1, -0.05) is 35.9 Å². The fourth-order valence-corrected chi connectivity index (χ4v) is 3.60. The van der Waals surface area contributed by atoms with Gasteiger partial charge < -0.3 is 5.32 Å². The van der Waals surface area contributed by atoms with Crippen molar-refractivity contribution in [2.45, 2.75) is 27.3 Å². The summed E-state index contributed by atoms with van der Waals surface area (Å²) in [7, 11) is 0. The van der Waals surface area contributed by atoms with E-state index in [4.69, 9.17) is 11.6 Å². The maximum absolute atomic E-state index is 13.0. The number of rotatable bonds is 4. The van der Waals surface area contributed by atoms with Crippen LogP contribution in [0.4, 0.5) is 5.69 Å². The maximum Gasteiger partial charge on any atom is 0.295 e. The summed E-state index contributed by atoms with van der Waals surface area (Å²) in [5.41, 5.74) is 3.66. The number of nitrogens with zero attached hydrogens (tertiary/aromatic N) is 4. The zero-order chi connectivity index (χ0) is 21.4. The van der Waals surface area contributed by atoms with E-state index in [0.29, 0.717) is 21.8 Å². The molecule has 0 spiro atoms. The van der Waals surface area contributed by atoms with Crippen LogP contribution in [0.2, 0.25) is 5.02 Å². The summed E-state index contributed by atoms with van der Waals surface area (Å²) in [4.78, 5) is 25.5. The highest BCUT2D eigenvalue weighted by atomic mass is 35.5. The highest BCUT2D eigenvalue weighted by Gasteiger charge is 2.18. The van der Waals surface area contributed by atoms with Crippen LogP contribution < -0.4 is 10.9 Å². The number of benzene rings is 2. The van der Waals surface area contributed by atoms with Crippen LogP contribution in [0.1, 0.15) is 17.0 Å². The minimum Gasteiger partial charge on any atom is -0.324 e. The minimum absolute atomic E-state index is 0.224. The van der Waals surface area contributed by atoms with Crippen LogP contribution in [0, 0.1) is 20.8 Å². The highest BCUT2D eigenvalue weighted by Crippen LogP contribution is 2.21. The first-order valence-electron chi connectivity index (χ1n) is 9.43. The number of hydrogen-bond donors (Lipinski definition) is 1. The van der Waals surface area contributed by atoms with Crippen molar-refractivity contribution in [1.29, 1.82) is 0 Å². The number of fused-ring (bicyclic) bond motifs is 1. The van der Waals surface area contributed by atoms with Gasteiger partial charge in [0.1, 0.15) is 6.54 Å². The van der Waals surface area contributed by atoms with Crippen molar-refractivity contribution in [3.05, 3.63) is 80.9 Å². The molecule has 0 unspecified atom stereocenters. The molecule has 8 heteroatoms. The quantitative estimate of drug-likeness (QED) is 0.543. The van der Waals surface area contributed by atoms with Crippen LogP contribution in [-0.2, 0) is 11.3 Å². The van der Waals surface area contributed by atoms with Crippen molar-refractivity contribution in [2.24, 2.45) is 0 Å². The van der Waals surface area contributed by atoms with E-state index in [9.17, 15) is 9.59 Å². The summed E-state index contributed by atoms with van der Waals surface area (Å²) >= 11 is 6.11. The number of carbonyl (C=O) groups excluding carboxylic acids is 1. The second kappa shape index (κ2) is 7.76. The summed E-state index contributed by atoms with van der Waals surface area (Å²) in [6, 6.07) is 14.8. The zero-order valence-corrected chi connectivity index (χ0v) is 17.6. The summed E-state index contributed by atoms with van der Waals surface area (Å²) in [6.07, 6.45) is 0. The van der Waals surface area contributed by atoms with Crippen molar-refractivity contribution in [1.82, 2.24) is 19.6 Å². The summed E-state index contributed by atoms with van der Waals surface area (Å²) < 4.78 is 2.87. The van der Waals surface area contributed by atoms with Crippen molar-refractivity contribution < 1.29 is 4.79 Å². The summed E-state index contributed by atoms with van der Waals surface area (Å²) in [5, 5.41) is 12.9. The van der Waals surface area contributed by atoms with Gasteiger partial charge in [-0.25, -0.2) is 9.36 Å². The number of para-hydroxylation sites is 1. The van der Waals surface area contributed by atoms with Crippen LogP contribution in [0.15, 0.2) is 53.3 Å². The monoisotopic (exact) mass is 421 g/mol. The van der Waals surface area contributed by atoms with Crippen LogP contribution in [0.5, 0.6) is 0 Å². The second-order valence-electron chi connectivity index (χ2n) is 7.12. The van der Waals surface area contributed by atoms with E-state index in [2.05, 4.69) is 15.5 Å². The van der Waals surface area contributed by atoms with Crippen LogP contribution in [0.25, 0.3) is 16.6 Å². The molecule has 2 aromatic heterocycles. The lowest BCUT2D eigenvalue weighted by atomic mass is 10.2. The molecule has 0 aliphatic rings. The van der Waals surface area contributed by atoms with Gasteiger partial charge in [0, 0.05) is 10.7 Å². The molecule has 0 radical (unpaired) electrons. The lowest BCUT2D eigenvalue weighted by molar-refractivity contribution is -0.117. The molecule has 1 N–H and O–H groups in total. The Morgan fingerprint density at radius 1 is 1.07 bits per heavy atom. The minimum atomic E-state index is -0.412. The lowest BCUT2D eigenvalue weighted by Gasteiger charge is -2.09. The molecule has 4 rings (SSSR count). The molecular formula is C22H20ClN5O2. The van der Waals surface area contributed by atoms with Crippen LogP contribution in [-0.4, -0.2) is 25.5 Å². The number of hydrogen-bond acceptors (Lipinski definition) is 4. The standard InChI is InChI=1S/C22H20ClN5O2/c1-13-9-10-16(11-18(13)23)24-19(29)12-27-22(30)21-20(14(2)25-27)15(3)28(26-21)17-7-5-4-6-8-17/h4-11H,12H2,1-3H3,(H,24,29). The third kappa shape index (κ3) is 3.59. The first kappa shape index (κ1) is 19.8. The smallest absolute Gasteiger partial charge is 0.295 e. The van der Waals surface area contributed by atoms with Gasteiger partial charge in [-0.15, -0.1) is 0 Å². The third-order valence-corrected chi connectivity index (χ3v) is 5.34. The van der Waals surface area contributed by atoms with E-state index in [1.54, 1.807) is 23.7 Å². The largest absolute Gasteiger partial charge is 0.324 e. The SMILES string of the molecule is Cc1ccc(NC(=O)Cn2nc(C)c3c(C)n(-c4ccccc4)nc3c2=O)cc1Cl. The molecule has 4 aromatic rings. The molecule has 7 nitrogen and oxygen atoms in total. The van der Waals surface area contributed by atoms with Crippen molar-refractivity contribution in [3.8, 4) is 5.69 Å². The Morgan fingerprint density at radius 3 is 2.50 bits per heavy atom. The molecule has 2 aromatic carbocycles. The molecule has 0 saturated carbocycles. The second-order valence-corrected chi connectivity index (χ2v) is 7.52. The Labute approximate surface area is 177 Å². The topological polar surface area (TPSA) is 81.8 Å². The molecule has 152 valence electrons. The predicted octanol–water partition coefficient (Wildman–Crippen LogP) is 3.80. The Balaban J connectivity index is 1.68. The molecular weight excluding hydrogens is 402 g/mol. The number of halogens is 1. The van der Waals surface area contributed by atoms with Gasteiger partial charge in [0.25, 0.3) is 5.56 Å². The number of anilines is 1. The molecule has 0 aliphatic heterocycles. The van der Waals surface area contributed by atoms with Crippen molar-refractivity contribution in [2.75, 3.05) is 5.32 Å². The Bertz CT molecular complexity index is 1330. The van der Waals surface area contributed by atoms with E-state index in [0.717, 1.165) is 21.6 Å². The van der Waals surface area contributed by atoms with Gasteiger partial charge in [-0.3, -0.25) is 9.59 Å². The van der Waals surface area contributed by atoms with Gasteiger partial charge in [-0.2, -0.15) is 10.2 Å². The zero-order valence-electron chi connectivity index (χ0n) is 16.8. The van der Waals surface area contributed by atoms with Crippen molar-refractivity contribution in [3.63, 3.8) is 0 Å². The average molecular weight is 422 g/mol. The van der Waals surface area contributed by atoms with Crippen LogP contribution >= 0.6 is 11.6 Å². The van der Waals surface area contributed by atoms with Gasteiger partial charge >= 0.3 is 0 Å². The first-order chi connectivity index (χ1) is 14.3. The van der Waals surface area contributed by atoms with Crippen molar-refractivity contribution >= 4 is 34.1 Å². The molecule has 0 aliphatic carbocycles. The van der Waals surface area contributed by atoms with Gasteiger partial charge in [-0.05, 0) is 50.6 Å². The van der Waals surface area contributed by atoms with E-state index >= 15 is 0 Å². The Morgan fingerprint density at radius 2 is 1.80 bits per heavy atom. The van der Waals surface area contributed by atoms with Gasteiger partial charge in [0.05, 0.1) is 22.5 Å². The molecule has 0 saturated heterocycles. The fraction of sp³-hybridized carbons (Fsp3) is 0.182. The average Bonchev–Trinajstić information content (AvgIpc) is 3.07. The first-order valence-corrected chi connectivity index (χ1v) is 9.81. The molecule has 30 heavy (non-hydrogen) atoms. The Hall–Kier alpha value is -3.45. The van der Waals surface area contributed by atoms with Gasteiger partial charge in [0.2, 0.25) is 5.91 Å². The van der Waals surface area contributed by atoms with Crippen LogP contribution in [0.3, 0.4) is 0 Å². The number of aryl methyl sites for hydroxylation is 3. The number of nitrogens with one attached hydrogen (secondary N) is 1. The molecule has 0 atom stereocenters. The number of amides is 1. The van der Waals surface area contributed by atoms with Gasteiger partial charge in [0.15, 0.2) is 5.52 Å². The van der Waals surface area contributed by atoms with E-state index in [1.807, 2.05) is 50.2 Å². The maximum atomic E-state index is 13.0. The Kier molecular flexibility index (Phi) is 5.13. The number of aromatic nitrogens is 4.